The van der Waals surface area contributed by atoms with E-state index in [1.165, 1.54) is 23.1 Å². The predicted octanol–water partition coefficient (Wildman–Crippen LogP) is 0.753. The lowest BCUT2D eigenvalue weighted by Crippen LogP contribution is -2.27. The summed E-state index contributed by atoms with van der Waals surface area (Å²) < 4.78 is 1.67. The van der Waals surface area contributed by atoms with Gasteiger partial charge in [0, 0.05) is 31.1 Å². The maximum Gasteiger partial charge on any atom is 0.225 e. The lowest BCUT2D eigenvalue weighted by molar-refractivity contribution is -0.116. The minimum Gasteiger partial charge on any atom is -0.329 e. The summed E-state index contributed by atoms with van der Waals surface area (Å²) in [5.74, 6) is 0.648. The van der Waals surface area contributed by atoms with E-state index in [-0.39, 0.29) is 5.91 Å². The van der Waals surface area contributed by atoms with Gasteiger partial charge in [-0.1, -0.05) is 11.8 Å². The largest absolute Gasteiger partial charge is 0.329 e. The van der Waals surface area contributed by atoms with E-state index in [0.717, 1.165) is 10.8 Å². The van der Waals surface area contributed by atoms with E-state index in [9.17, 15) is 4.79 Å². The van der Waals surface area contributed by atoms with Crippen molar-refractivity contribution in [2.75, 3.05) is 18.0 Å². The summed E-state index contributed by atoms with van der Waals surface area (Å²) in [6, 6.07) is 0. The number of amides is 1. The number of hydrogen-bond donors (Lipinski definition) is 1. The Morgan fingerprint density at radius 1 is 1.57 bits per heavy atom. The highest BCUT2D eigenvalue weighted by Gasteiger charge is 2.14. The van der Waals surface area contributed by atoms with E-state index in [2.05, 4.69) is 20.5 Å². The molecular formula is C11H17N7OS2. The van der Waals surface area contributed by atoms with Crippen LogP contribution in [0.3, 0.4) is 0 Å². The molecule has 114 valence electrons. The minimum atomic E-state index is -0.00191. The van der Waals surface area contributed by atoms with Gasteiger partial charge in [-0.2, -0.15) is 0 Å². The number of rotatable bonds is 7. The molecule has 0 unspecified atom stereocenters. The van der Waals surface area contributed by atoms with Crippen molar-refractivity contribution in [3.05, 3.63) is 11.1 Å². The molecule has 0 aliphatic heterocycles. The first-order valence-electron chi connectivity index (χ1n) is 6.47. The molecule has 0 aliphatic rings. The first-order chi connectivity index (χ1) is 10.2. The number of carbonyl (C=O) groups excluding carboxylic acids is 1. The van der Waals surface area contributed by atoms with Crippen molar-refractivity contribution in [1.82, 2.24) is 25.2 Å². The van der Waals surface area contributed by atoms with Gasteiger partial charge in [0.25, 0.3) is 0 Å². The summed E-state index contributed by atoms with van der Waals surface area (Å²) in [6.45, 7) is 5.16. The first kappa shape index (κ1) is 15.9. The Kier molecular flexibility index (Phi) is 5.65. The fourth-order valence-electron chi connectivity index (χ4n) is 1.68. The molecule has 8 nitrogen and oxygen atoms in total. The fraction of sp³-hybridized carbons (Fsp3) is 0.545. The van der Waals surface area contributed by atoms with Crippen molar-refractivity contribution in [2.45, 2.75) is 31.3 Å². The molecule has 0 spiro atoms. The standard InChI is InChI=1S/C11H17N7OS2/c1-3-17(8(2)19)10-13-9(6-20-10)7-21-11-14-15-16-18(11)5-4-12/h6H,3-5,7,12H2,1-2H3. The molecule has 1 amide bonds. The zero-order chi connectivity index (χ0) is 15.2. The van der Waals surface area contributed by atoms with Gasteiger partial charge in [0.15, 0.2) is 5.13 Å². The van der Waals surface area contributed by atoms with Crippen molar-refractivity contribution in [1.29, 1.82) is 0 Å². The number of carbonyl (C=O) groups is 1. The van der Waals surface area contributed by atoms with Crippen molar-refractivity contribution in [3.8, 4) is 0 Å². The van der Waals surface area contributed by atoms with E-state index in [1.54, 1.807) is 16.5 Å². The molecule has 0 aliphatic carbocycles. The van der Waals surface area contributed by atoms with Crippen LogP contribution in [0.2, 0.25) is 0 Å². The van der Waals surface area contributed by atoms with Crippen LogP contribution in [0.5, 0.6) is 0 Å². The van der Waals surface area contributed by atoms with Gasteiger partial charge in [-0.25, -0.2) is 9.67 Å². The molecule has 2 aromatic heterocycles. The third-order valence-corrected chi connectivity index (χ3v) is 4.56. The van der Waals surface area contributed by atoms with Crippen molar-refractivity contribution >= 4 is 34.1 Å². The Labute approximate surface area is 130 Å². The molecule has 2 aromatic rings. The summed E-state index contributed by atoms with van der Waals surface area (Å²) in [4.78, 5) is 17.6. The van der Waals surface area contributed by atoms with Gasteiger partial charge < -0.3 is 5.73 Å². The molecule has 0 saturated carbocycles. The van der Waals surface area contributed by atoms with Crippen molar-refractivity contribution in [2.24, 2.45) is 5.73 Å². The molecule has 0 bridgehead atoms. The second-order valence-corrected chi connectivity index (χ2v) is 5.93. The third-order valence-electron chi connectivity index (χ3n) is 2.66. The Bertz CT molecular complexity index is 597. The SMILES string of the molecule is CCN(C(C)=O)c1nc(CSc2nnnn2CCN)cs1. The third kappa shape index (κ3) is 3.99. The summed E-state index contributed by atoms with van der Waals surface area (Å²) in [5, 5.41) is 14.9. The van der Waals surface area contributed by atoms with Gasteiger partial charge in [0.1, 0.15) is 0 Å². The van der Waals surface area contributed by atoms with Gasteiger partial charge >= 0.3 is 0 Å². The minimum absolute atomic E-state index is 0.00191. The van der Waals surface area contributed by atoms with Crippen molar-refractivity contribution in [3.63, 3.8) is 0 Å². The number of thioether (sulfide) groups is 1. The lowest BCUT2D eigenvalue weighted by atomic mass is 10.5. The second kappa shape index (κ2) is 7.48. The molecule has 21 heavy (non-hydrogen) atoms. The molecule has 2 rings (SSSR count). The van der Waals surface area contributed by atoms with Crippen LogP contribution in [0.1, 0.15) is 19.5 Å². The Morgan fingerprint density at radius 2 is 2.38 bits per heavy atom. The number of anilines is 1. The van der Waals surface area contributed by atoms with Gasteiger partial charge in [-0.05, 0) is 17.4 Å². The maximum absolute atomic E-state index is 11.5. The number of nitrogens with two attached hydrogens (primary N) is 1. The Hall–Kier alpha value is -1.52. The molecule has 0 aromatic carbocycles. The van der Waals surface area contributed by atoms with Gasteiger partial charge in [-0.15, -0.1) is 16.4 Å². The van der Waals surface area contributed by atoms with Gasteiger partial charge in [0.2, 0.25) is 11.1 Å². The molecule has 10 heteroatoms. The summed E-state index contributed by atoms with van der Waals surface area (Å²) in [6.07, 6.45) is 0. The number of nitrogens with zero attached hydrogens (tertiary/aromatic N) is 6. The predicted molar refractivity (Wildman–Crippen MR) is 82.2 cm³/mol. The van der Waals surface area contributed by atoms with Crippen LogP contribution in [-0.4, -0.2) is 44.2 Å². The van der Waals surface area contributed by atoms with E-state index in [1.807, 2.05) is 12.3 Å². The quantitative estimate of drug-likeness (QED) is 0.749. The topological polar surface area (TPSA) is 103 Å². The zero-order valence-corrected chi connectivity index (χ0v) is 13.5. The van der Waals surface area contributed by atoms with Crippen LogP contribution in [0.4, 0.5) is 5.13 Å². The molecule has 2 N–H and O–H groups in total. The van der Waals surface area contributed by atoms with Gasteiger partial charge in [0.05, 0.1) is 12.2 Å². The van der Waals surface area contributed by atoms with Crippen LogP contribution < -0.4 is 10.6 Å². The first-order valence-corrected chi connectivity index (χ1v) is 8.33. The lowest BCUT2D eigenvalue weighted by Gasteiger charge is -2.14. The Balaban J connectivity index is 1.99. The summed E-state index contributed by atoms with van der Waals surface area (Å²) >= 11 is 2.96. The zero-order valence-electron chi connectivity index (χ0n) is 11.9. The average molecular weight is 327 g/mol. The van der Waals surface area contributed by atoms with Crippen LogP contribution in [0, 0.1) is 0 Å². The fourth-order valence-corrected chi connectivity index (χ4v) is 3.51. The number of tetrazole rings is 1. The molecule has 0 atom stereocenters. The summed E-state index contributed by atoms with van der Waals surface area (Å²) in [5.41, 5.74) is 6.41. The smallest absolute Gasteiger partial charge is 0.225 e. The Morgan fingerprint density at radius 3 is 3.05 bits per heavy atom. The molecular weight excluding hydrogens is 310 g/mol. The van der Waals surface area contributed by atoms with Gasteiger partial charge in [-0.3, -0.25) is 9.69 Å². The molecule has 0 fully saturated rings. The molecule has 0 radical (unpaired) electrons. The second-order valence-electron chi connectivity index (χ2n) is 4.15. The van der Waals surface area contributed by atoms with Crippen LogP contribution in [0.15, 0.2) is 10.5 Å². The number of thiazole rings is 1. The normalized spacial score (nSPS) is 10.8. The van der Waals surface area contributed by atoms with E-state index in [0.29, 0.717) is 30.5 Å². The number of aromatic nitrogens is 5. The molecule has 0 saturated heterocycles. The monoisotopic (exact) mass is 327 g/mol. The summed E-state index contributed by atoms with van der Waals surface area (Å²) in [7, 11) is 0. The van der Waals surface area contributed by atoms with E-state index < -0.39 is 0 Å². The van der Waals surface area contributed by atoms with Crippen molar-refractivity contribution < 1.29 is 4.79 Å². The highest BCUT2D eigenvalue weighted by atomic mass is 32.2. The van der Waals surface area contributed by atoms with E-state index in [4.69, 9.17) is 5.73 Å². The maximum atomic E-state index is 11.5. The highest BCUT2D eigenvalue weighted by Crippen LogP contribution is 2.25. The highest BCUT2D eigenvalue weighted by molar-refractivity contribution is 7.98. The van der Waals surface area contributed by atoms with Crippen LogP contribution in [0.25, 0.3) is 0 Å². The average Bonchev–Trinajstić information content (AvgIpc) is 3.07. The number of hydrogen-bond acceptors (Lipinski definition) is 8. The van der Waals surface area contributed by atoms with Crippen LogP contribution in [-0.2, 0) is 17.1 Å². The van der Waals surface area contributed by atoms with Crippen LogP contribution >= 0.6 is 23.1 Å². The molecule has 2 heterocycles. The van der Waals surface area contributed by atoms with E-state index >= 15 is 0 Å².